The summed E-state index contributed by atoms with van der Waals surface area (Å²) in [5.41, 5.74) is 1.05. The van der Waals surface area contributed by atoms with Gasteiger partial charge in [0.2, 0.25) is 0 Å². The highest BCUT2D eigenvalue weighted by molar-refractivity contribution is 6.29. The van der Waals surface area contributed by atoms with Gasteiger partial charge in [0.1, 0.15) is 5.15 Å². The number of rotatable bonds is 2. The van der Waals surface area contributed by atoms with Crippen LogP contribution in [-0.2, 0) is 11.3 Å². The summed E-state index contributed by atoms with van der Waals surface area (Å²) in [6.45, 7) is 2.81. The minimum Gasteiger partial charge on any atom is -0.375 e. The Morgan fingerprint density at radius 2 is 2.47 bits per heavy atom. The lowest BCUT2D eigenvalue weighted by Crippen LogP contribution is -2.36. The van der Waals surface area contributed by atoms with Crippen molar-refractivity contribution in [2.75, 3.05) is 13.2 Å². The van der Waals surface area contributed by atoms with Crippen molar-refractivity contribution in [3.05, 3.63) is 29.0 Å². The molecule has 2 bridgehead atoms. The van der Waals surface area contributed by atoms with Crippen LogP contribution >= 0.6 is 11.6 Å². The van der Waals surface area contributed by atoms with E-state index in [-0.39, 0.29) is 0 Å². The van der Waals surface area contributed by atoms with E-state index in [1.807, 2.05) is 18.2 Å². The molecule has 2 saturated heterocycles. The molecule has 0 amide bonds. The Balaban J connectivity index is 1.71. The molecule has 0 aliphatic carbocycles. The van der Waals surface area contributed by atoms with Gasteiger partial charge < -0.3 is 4.74 Å². The van der Waals surface area contributed by atoms with Crippen LogP contribution in [0.15, 0.2) is 18.2 Å². The number of morpholine rings is 1. The third kappa shape index (κ3) is 1.87. The van der Waals surface area contributed by atoms with Crippen molar-refractivity contribution >= 4 is 11.6 Å². The Labute approximate surface area is 94.0 Å². The predicted octanol–water partition coefficient (Wildman–Crippen LogP) is 1.71. The smallest absolute Gasteiger partial charge is 0.129 e. The van der Waals surface area contributed by atoms with Crippen LogP contribution in [-0.4, -0.2) is 35.2 Å². The number of fused-ring (bicyclic) bond motifs is 2. The van der Waals surface area contributed by atoms with Gasteiger partial charge in [-0.15, -0.1) is 0 Å². The molecule has 0 aromatic carbocycles. The molecule has 3 nitrogen and oxygen atoms in total. The Bertz CT molecular complexity index is 371. The summed E-state index contributed by atoms with van der Waals surface area (Å²) in [6, 6.07) is 6.38. The van der Waals surface area contributed by atoms with Crippen molar-refractivity contribution in [3.63, 3.8) is 0 Å². The van der Waals surface area contributed by atoms with Gasteiger partial charge in [-0.1, -0.05) is 17.7 Å². The molecule has 2 fully saturated rings. The molecule has 0 saturated carbocycles. The van der Waals surface area contributed by atoms with Gasteiger partial charge in [0.25, 0.3) is 0 Å². The van der Waals surface area contributed by atoms with Gasteiger partial charge in [-0.3, -0.25) is 4.90 Å². The Morgan fingerprint density at radius 3 is 3.13 bits per heavy atom. The molecule has 0 N–H and O–H groups in total. The van der Waals surface area contributed by atoms with Crippen molar-refractivity contribution in [1.82, 2.24) is 9.88 Å². The predicted molar refractivity (Wildman–Crippen MR) is 57.8 cm³/mol. The number of halogens is 1. The Morgan fingerprint density at radius 1 is 1.53 bits per heavy atom. The van der Waals surface area contributed by atoms with Crippen LogP contribution in [0.4, 0.5) is 0 Å². The van der Waals surface area contributed by atoms with Crippen LogP contribution in [0.3, 0.4) is 0 Å². The molecule has 2 aliphatic rings. The summed E-state index contributed by atoms with van der Waals surface area (Å²) in [4.78, 5) is 6.74. The summed E-state index contributed by atoms with van der Waals surface area (Å²) in [6.07, 6.45) is 1.63. The first-order chi connectivity index (χ1) is 7.31. The van der Waals surface area contributed by atoms with E-state index in [1.54, 1.807) is 0 Å². The van der Waals surface area contributed by atoms with Crippen LogP contribution < -0.4 is 0 Å². The SMILES string of the molecule is Clc1cccc(CN2CC3CC2CO3)n1. The number of ether oxygens (including phenoxy) is 1. The molecule has 4 heteroatoms. The largest absolute Gasteiger partial charge is 0.375 e. The lowest BCUT2D eigenvalue weighted by molar-refractivity contribution is 0.0268. The number of hydrogen-bond donors (Lipinski definition) is 0. The third-order valence-electron chi connectivity index (χ3n) is 3.15. The van der Waals surface area contributed by atoms with Crippen molar-refractivity contribution < 1.29 is 4.74 Å². The third-order valence-corrected chi connectivity index (χ3v) is 3.36. The van der Waals surface area contributed by atoms with Gasteiger partial charge in [0.05, 0.1) is 18.4 Å². The number of aromatic nitrogens is 1. The highest BCUT2D eigenvalue weighted by atomic mass is 35.5. The zero-order valence-electron chi connectivity index (χ0n) is 8.40. The molecule has 0 spiro atoms. The summed E-state index contributed by atoms with van der Waals surface area (Å²) in [5.74, 6) is 0. The number of pyridine rings is 1. The van der Waals surface area contributed by atoms with E-state index >= 15 is 0 Å². The Hall–Kier alpha value is -0.640. The van der Waals surface area contributed by atoms with Crippen molar-refractivity contribution in [2.24, 2.45) is 0 Å². The van der Waals surface area contributed by atoms with Gasteiger partial charge in [-0.05, 0) is 18.6 Å². The summed E-state index contributed by atoms with van der Waals surface area (Å²) in [5, 5.41) is 0.577. The maximum atomic E-state index is 5.86. The number of nitrogens with zero attached hydrogens (tertiary/aromatic N) is 2. The minimum atomic E-state index is 0.453. The van der Waals surface area contributed by atoms with Gasteiger partial charge in [0.15, 0.2) is 0 Å². The maximum Gasteiger partial charge on any atom is 0.129 e. The monoisotopic (exact) mass is 224 g/mol. The van der Waals surface area contributed by atoms with Crippen LogP contribution in [0.1, 0.15) is 12.1 Å². The molecule has 3 heterocycles. The second-order valence-electron chi connectivity index (χ2n) is 4.23. The second kappa shape index (κ2) is 3.74. The highest BCUT2D eigenvalue weighted by Gasteiger charge is 2.38. The maximum absolute atomic E-state index is 5.86. The normalized spacial score (nSPS) is 29.9. The first-order valence-electron chi connectivity index (χ1n) is 5.28. The fourth-order valence-electron chi connectivity index (χ4n) is 2.42. The summed E-state index contributed by atoms with van der Waals surface area (Å²) >= 11 is 5.86. The van der Waals surface area contributed by atoms with Gasteiger partial charge >= 0.3 is 0 Å². The topological polar surface area (TPSA) is 25.4 Å². The number of hydrogen-bond acceptors (Lipinski definition) is 3. The first-order valence-corrected chi connectivity index (χ1v) is 5.66. The number of likely N-dealkylation sites (tertiary alicyclic amines) is 1. The molecule has 2 unspecified atom stereocenters. The molecule has 80 valence electrons. The molecule has 3 rings (SSSR count). The average Bonchev–Trinajstić information content (AvgIpc) is 2.79. The minimum absolute atomic E-state index is 0.453. The van der Waals surface area contributed by atoms with E-state index in [0.717, 1.165) is 25.4 Å². The van der Waals surface area contributed by atoms with E-state index in [9.17, 15) is 0 Å². The van der Waals surface area contributed by atoms with Crippen LogP contribution in [0.2, 0.25) is 5.15 Å². The van der Waals surface area contributed by atoms with Crippen LogP contribution in [0.25, 0.3) is 0 Å². The average molecular weight is 225 g/mol. The molecule has 0 radical (unpaired) electrons. The standard InChI is InChI=1S/C11H13ClN2O/c12-11-3-1-2-8(13-11)5-14-6-10-4-9(14)7-15-10/h1-3,9-10H,4-7H2. The fraction of sp³-hybridized carbons (Fsp3) is 0.545. The van der Waals surface area contributed by atoms with Crippen molar-refractivity contribution in [3.8, 4) is 0 Å². The quantitative estimate of drug-likeness (QED) is 0.716. The van der Waals surface area contributed by atoms with Crippen molar-refractivity contribution in [2.45, 2.75) is 25.1 Å². The first kappa shape index (κ1) is 9.58. The molecular formula is C11H13ClN2O. The highest BCUT2D eigenvalue weighted by Crippen LogP contribution is 2.28. The fourth-order valence-corrected chi connectivity index (χ4v) is 2.60. The van der Waals surface area contributed by atoms with Crippen LogP contribution in [0, 0.1) is 0 Å². The molecule has 1 aromatic heterocycles. The van der Waals surface area contributed by atoms with E-state index < -0.39 is 0 Å². The van der Waals surface area contributed by atoms with Crippen LogP contribution in [0.5, 0.6) is 0 Å². The summed E-state index contributed by atoms with van der Waals surface area (Å²) in [7, 11) is 0. The van der Waals surface area contributed by atoms with Crippen molar-refractivity contribution in [1.29, 1.82) is 0 Å². The molecular weight excluding hydrogens is 212 g/mol. The van der Waals surface area contributed by atoms with Gasteiger partial charge in [-0.2, -0.15) is 0 Å². The van der Waals surface area contributed by atoms with E-state index in [4.69, 9.17) is 16.3 Å². The molecule has 2 atom stereocenters. The molecule has 15 heavy (non-hydrogen) atoms. The van der Waals surface area contributed by atoms with Gasteiger partial charge in [0, 0.05) is 19.1 Å². The van der Waals surface area contributed by atoms with E-state index in [2.05, 4.69) is 9.88 Å². The summed E-state index contributed by atoms with van der Waals surface area (Å²) < 4.78 is 5.56. The van der Waals surface area contributed by atoms with Gasteiger partial charge in [-0.25, -0.2) is 4.98 Å². The molecule has 2 aliphatic heterocycles. The lowest BCUT2D eigenvalue weighted by atomic mass is 10.2. The lowest BCUT2D eigenvalue weighted by Gasteiger charge is -2.26. The zero-order valence-corrected chi connectivity index (χ0v) is 9.15. The molecule has 1 aromatic rings. The Kier molecular flexibility index (Phi) is 2.39. The van der Waals surface area contributed by atoms with E-state index in [1.165, 1.54) is 6.42 Å². The van der Waals surface area contributed by atoms with E-state index in [0.29, 0.717) is 17.3 Å². The second-order valence-corrected chi connectivity index (χ2v) is 4.61. The zero-order chi connectivity index (χ0) is 10.3.